The van der Waals surface area contributed by atoms with Crippen LogP contribution in [-0.2, 0) is 14.8 Å². The number of nitrogens with zero attached hydrogens (tertiary/aromatic N) is 1. The molecule has 7 nitrogen and oxygen atoms in total. The molecule has 0 spiro atoms. The number of sulfonamides is 1. The van der Waals surface area contributed by atoms with Crippen LogP contribution in [0.15, 0.2) is 41.3 Å². The van der Waals surface area contributed by atoms with Gasteiger partial charge in [0.1, 0.15) is 16.4 Å². The fourth-order valence-corrected chi connectivity index (χ4v) is 4.08. The molecule has 27 heavy (non-hydrogen) atoms. The van der Waals surface area contributed by atoms with E-state index in [1.54, 1.807) is 18.2 Å². The molecule has 1 N–H and O–H groups in total. The highest BCUT2D eigenvalue weighted by Crippen LogP contribution is 2.30. The van der Waals surface area contributed by atoms with Gasteiger partial charge in [0.25, 0.3) is 0 Å². The van der Waals surface area contributed by atoms with Crippen molar-refractivity contribution in [2.75, 3.05) is 33.1 Å². The molecule has 146 valence electrons. The van der Waals surface area contributed by atoms with Gasteiger partial charge in [-0.1, -0.05) is 23.2 Å². The summed E-state index contributed by atoms with van der Waals surface area (Å²) >= 11 is 11.8. The first-order chi connectivity index (χ1) is 12.7. The van der Waals surface area contributed by atoms with Crippen molar-refractivity contribution in [1.82, 2.24) is 4.31 Å². The summed E-state index contributed by atoms with van der Waals surface area (Å²) in [6.07, 6.45) is 0. The predicted molar refractivity (Wildman–Crippen MR) is 104 cm³/mol. The van der Waals surface area contributed by atoms with E-state index in [2.05, 4.69) is 5.32 Å². The summed E-state index contributed by atoms with van der Waals surface area (Å²) in [7, 11) is 0.229. The molecule has 0 heterocycles. The van der Waals surface area contributed by atoms with Crippen molar-refractivity contribution in [2.24, 2.45) is 0 Å². The van der Waals surface area contributed by atoms with Gasteiger partial charge in [-0.05, 0) is 30.3 Å². The van der Waals surface area contributed by atoms with Gasteiger partial charge in [-0.3, -0.25) is 4.79 Å². The number of amides is 1. The number of ether oxygens (including phenoxy) is 2. The van der Waals surface area contributed by atoms with Gasteiger partial charge in [0, 0.05) is 18.1 Å². The smallest absolute Gasteiger partial charge is 0.244 e. The van der Waals surface area contributed by atoms with Crippen molar-refractivity contribution in [3.05, 3.63) is 46.4 Å². The molecule has 2 rings (SSSR count). The largest absolute Gasteiger partial charge is 0.497 e. The average Bonchev–Trinajstić information content (AvgIpc) is 2.63. The molecule has 0 bridgehead atoms. The fraction of sp³-hybridized carbons (Fsp3) is 0.235. The van der Waals surface area contributed by atoms with Crippen molar-refractivity contribution < 1.29 is 22.7 Å². The standard InChI is InChI=1S/C17H18Cl2N2O5S/c1-21(27(23,24)16-8-11(18)4-6-13(16)19)10-17(22)20-14-7-5-12(25-2)9-15(14)26-3/h4-9H,10H2,1-3H3,(H,20,22). The van der Waals surface area contributed by atoms with Crippen LogP contribution in [0.1, 0.15) is 0 Å². The van der Waals surface area contributed by atoms with Crippen LogP contribution < -0.4 is 14.8 Å². The molecular weight excluding hydrogens is 415 g/mol. The highest BCUT2D eigenvalue weighted by molar-refractivity contribution is 7.89. The van der Waals surface area contributed by atoms with Gasteiger partial charge in [-0.2, -0.15) is 4.31 Å². The Morgan fingerprint density at radius 3 is 2.44 bits per heavy atom. The van der Waals surface area contributed by atoms with Gasteiger partial charge in [0.15, 0.2) is 0 Å². The molecule has 0 unspecified atom stereocenters. The lowest BCUT2D eigenvalue weighted by atomic mass is 10.2. The molecule has 1 amide bonds. The Morgan fingerprint density at radius 2 is 1.81 bits per heavy atom. The maximum atomic E-state index is 12.7. The van der Waals surface area contributed by atoms with E-state index in [0.29, 0.717) is 17.2 Å². The minimum Gasteiger partial charge on any atom is -0.497 e. The summed E-state index contributed by atoms with van der Waals surface area (Å²) < 4.78 is 36.5. The molecule has 2 aromatic carbocycles. The lowest BCUT2D eigenvalue weighted by Crippen LogP contribution is -2.35. The highest BCUT2D eigenvalue weighted by Gasteiger charge is 2.26. The van der Waals surface area contributed by atoms with Crippen molar-refractivity contribution >= 4 is 44.8 Å². The number of hydrogen-bond acceptors (Lipinski definition) is 5. The third-order valence-electron chi connectivity index (χ3n) is 3.63. The minimum absolute atomic E-state index is 0.0171. The van der Waals surface area contributed by atoms with Gasteiger partial charge >= 0.3 is 0 Å². The third kappa shape index (κ3) is 5.04. The first kappa shape index (κ1) is 21.3. The Kier molecular flexibility index (Phi) is 6.94. The number of benzene rings is 2. The summed E-state index contributed by atoms with van der Waals surface area (Å²) in [5.41, 5.74) is 0.384. The Morgan fingerprint density at radius 1 is 1.11 bits per heavy atom. The maximum Gasteiger partial charge on any atom is 0.244 e. The van der Waals surface area contributed by atoms with Gasteiger partial charge < -0.3 is 14.8 Å². The van der Waals surface area contributed by atoms with E-state index < -0.39 is 22.5 Å². The molecule has 0 radical (unpaired) electrons. The first-order valence-electron chi connectivity index (χ1n) is 7.62. The number of hydrogen-bond donors (Lipinski definition) is 1. The summed E-state index contributed by atoms with van der Waals surface area (Å²) in [4.78, 5) is 12.1. The van der Waals surface area contributed by atoms with E-state index >= 15 is 0 Å². The Hall–Kier alpha value is -2.00. The number of halogens is 2. The van der Waals surface area contributed by atoms with Crippen LogP contribution >= 0.6 is 23.2 Å². The number of rotatable bonds is 7. The Bertz CT molecular complexity index is 950. The maximum absolute atomic E-state index is 12.7. The highest BCUT2D eigenvalue weighted by atomic mass is 35.5. The molecule has 0 saturated carbocycles. The second-order valence-electron chi connectivity index (χ2n) is 5.45. The first-order valence-corrected chi connectivity index (χ1v) is 9.82. The molecule has 0 atom stereocenters. The molecule has 0 aliphatic rings. The van der Waals surface area contributed by atoms with Crippen LogP contribution in [0.2, 0.25) is 10.0 Å². The normalized spacial score (nSPS) is 11.3. The Labute approximate surface area is 167 Å². The van der Waals surface area contributed by atoms with E-state index in [-0.39, 0.29) is 14.9 Å². The molecule has 0 saturated heterocycles. The number of anilines is 1. The molecule has 0 fully saturated rings. The lowest BCUT2D eigenvalue weighted by Gasteiger charge is -2.18. The molecule has 0 aliphatic heterocycles. The molecule has 10 heteroatoms. The molecule has 0 aromatic heterocycles. The van der Waals surface area contributed by atoms with Crippen LogP contribution in [0, 0.1) is 0 Å². The van der Waals surface area contributed by atoms with Gasteiger partial charge in [0.2, 0.25) is 15.9 Å². The summed E-state index contributed by atoms with van der Waals surface area (Å²) in [5, 5.41) is 2.85. The summed E-state index contributed by atoms with van der Waals surface area (Å²) in [5.74, 6) is 0.383. The summed E-state index contributed by atoms with van der Waals surface area (Å²) in [6.45, 7) is -0.430. The monoisotopic (exact) mass is 432 g/mol. The van der Waals surface area contributed by atoms with Crippen LogP contribution in [0.25, 0.3) is 0 Å². The fourth-order valence-electron chi connectivity index (χ4n) is 2.22. The average molecular weight is 433 g/mol. The van der Waals surface area contributed by atoms with Crippen LogP contribution in [0.3, 0.4) is 0 Å². The van der Waals surface area contributed by atoms with Crippen molar-refractivity contribution in [3.8, 4) is 11.5 Å². The topological polar surface area (TPSA) is 84.9 Å². The van der Waals surface area contributed by atoms with E-state index in [1.807, 2.05) is 0 Å². The van der Waals surface area contributed by atoms with E-state index in [9.17, 15) is 13.2 Å². The lowest BCUT2D eigenvalue weighted by molar-refractivity contribution is -0.116. The number of carbonyl (C=O) groups is 1. The number of nitrogens with one attached hydrogen (secondary N) is 1. The quantitative estimate of drug-likeness (QED) is 0.725. The van der Waals surface area contributed by atoms with Crippen LogP contribution in [-0.4, -0.2) is 46.4 Å². The third-order valence-corrected chi connectivity index (χ3v) is 6.15. The predicted octanol–water partition coefficient (Wildman–Crippen LogP) is 3.27. The molecule has 0 aliphatic carbocycles. The van der Waals surface area contributed by atoms with Crippen molar-refractivity contribution in [2.45, 2.75) is 4.90 Å². The van der Waals surface area contributed by atoms with Crippen molar-refractivity contribution in [3.63, 3.8) is 0 Å². The zero-order valence-corrected chi connectivity index (χ0v) is 17.2. The van der Waals surface area contributed by atoms with Crippen LogP contribution in [0.4, 0.5) is 5.69 Å². The number of carbonyl (C=O) groups excluding carboxylic acids is 1. The van der Waals surface area contributed by atoms with E-state index in [4.69, 9.17) is 32.7 Å². The van der Waals surface area contributed by atoms with Gasteiger partial charge in [0.05, 0.1) is 31.5 Å². The number of likely N-dealkylation sites (N-methyl/N-ethyl adjacent to an activating group) is 1. The van der Waals surface area contributed by atoms with E-state index in [1.165, 1.54) is 39.5 Å². The van der Waals surface area contributed by atoms with E-state index in [0.717, 1.165) is 4.31 Å². The second kappa shape index (κ2) is 8.79. The molecular formula is C17H18Cl2N2O5S. The SMILES string of the molecule is COc1ccc(NC(=O)CN(C)S(=O)(=O)c2cc(Cl)ccc2Cl)c(OC)c1. The molecule has 2 aromatic rings. The summed E-state index contributed by atoms with van der Waals surface area (Å²) in [6, 6.07) is 8.93. The zero-order chi connectivity index (χ0) is 20.2. The van der Waals surface area contributed by atoms with Gasteiger partial charge in [-0.15, -0.1) is 0 Å². The number of methoxy groups -OCH3 is 2. The Balaban J connectivity index is 2.17. The second-order valence-corrected chi connectivity index (χ2v) is 8.31. The van der Waals surface area contributed by atoms with Crippen molar-refractivity contribution in [1.29, 1.82) is 0 Å². The van der Waals surface area contributed by atoms with Crippen LogP contribution in [0.5, 0.6) is 11.5 Å². The van der Waals surface area contributed by atoms with Gasteiger partial charge in [-0.25, -0.2) is 8.42 Å². The zero-order valence-electron chi connectivity index (χ0n) is 14.8. The minimum atomic E-state index is -4.00.